The van der Waals surface area contributed by atoms with Crippen LogP contribution in [-0.2, 0) is 5.33 Å². The molecule has 0 N–H and O–H groups in total. The van der Waals surface area contributed by atoms with Crippen LogP contribution in [0.15, 0.2) is 6.20 Å². The highest BCUT2D eigenvalue weighted by Gasteiger charge is 2.19. The van der Waals surface area contributed by atoms with Gasteiger partial charge in [0.15, 0.2) is 6.29 Å². The van der Waals surface area contributed by atoms with E-state index in [1.807, 2.05) is 22.6 Å². The van der Waals surface area contributed by atoms with Crippen LogP contribution in [-0.4, -0.2) is 11.3 Å². The van der Waals surface area contributed by atoms with Crippen LogP contribution in [0.1, 0.15) is 27.9 Å². The predicted octanol–water partition coefficient (Wildman–Crippen LogP) is 3.33. The van der Waals surface area contributed by atoms with Gasteiger partial charge in [-0.15, -0.1) is 0 Å². The van der Waals surface area contributed by atoms with Crippen molar-refractivity contribution in [3.63, 3.8) is 0 Å². The molecule has 1 heterocycles. The molecule has 0 amide bonds. The monoisotopic (exact) mass is 375 g/mol. The Morgan fingerprint density at radius 2 is 2.29 bits per heavy atom. The largest absolute Gasteiger partial charge is 0.298 e. The summed E-state index contributed by atoms with van der Waals surface area (Å²) in [6.07, 6.45) is -1.08. The van der Waals surface area contributed by atoms with Gasteiger partial charge in [-0.3, -0.25) is 4.79 Å². The Morgan fingerprint density at radius 1 is 1.64 bits per heavy atom. The topological polar surface area (TPSA) is 30.0 Å². The molecule has 0 spiro atoms. The normalized spacial score (nSPS) is 10.6. The maximum atomic E-state index is 12.6. The molecule has 0 saturated carbocycles. The van der Waals surface area contributed by atoms with E-state index in [9.17, 15) is 13.6 Å². The molecule has 76 valence electrons. The fourth-order valence-corrected chi connectivity index (χ4v) is 2.75. The summed E-state index contributed by atoms with van der Waals surface area (Å²) in [7, 11) is 0. The molecule has 0 atom stereocenters. The highest BCUT2D eigenvalue weighted by molar-refractivity contribution is 14.1. The molecule has 0 aliphatic heterocycles. The van der Waals surface area contributed by atoms with E-state index in [-0.39, 0.29) is 16.5 Å². The van der Waals surface area contributed by atoms with Gasteiger partial charge in [0.2, 0.25) is 0 Å². The first-order valence-corrected chi connectivity index (χ1v) is 5.78. The molecule has 1 aromatic rings. The Morgan fingerprint density at radius 3 is 2.71 bits per heavy atom. The molecule has 14 heavy (non-hydrogen) atoms. The van der Waals surface area contributed by atoms with E-state index in [1.54, 1.807) is 0 Å². The zero-order chi connectivity index (χ0) is 10.7. The number of alkyl halides is 3. The third-order valence-corrected chi connectivity index (χ3v) is 3.17. The van der Waals surface area contributed by atoms with Crippen LogP contribution in [0.25, 0.3) is 0 Å². The third-order valence-electron chi connectivity index (χ3n) is 1.68. The number of rotatable bonds is 3. The minimum Gasteiger partial charge on any atom is -0.298 e. The number of nitrogens with zero attached hydrogens (tertiary/aromatic N) is 1. The smallest absolute Gasteiger partial charge is 0.264 e. The summed E-state index contributed by atoms with van der Waals surface area (Å²) in [5.41, 5.74) is 0.108. The number of halogens is 4. The van der Waals surface area contributed by atoms with Crippen molar-refractivity contribution in [3.8, 4) is 0 Å². The lowest BCUT2D eigenvalue weighted by atomic mass is 10.1. The van der Waals surface area contributed by atoms with E-state index in [0.717, 1.165) is 0 Å². The van der Waals surface area contributed by atoms with E-state index in [1.165, 1.54) is 6.20 Å². The fraction of sp³-hybridized carbons (Fsp3) is 0.250. The van der Waals surface area contributed by atoms with E-state index in [2.05, 4.69) is 20.9 Å². The first-order valence-electron chi connectivity index (χ1n) is 3.58. The molecule has 6 heteroatoms. The van der Waals surface area contributed by atoms with E-state index in [4.69, 9.17) is 0 Å². The second-order valence-electron chi connectivity index (χ2n) is 2.45. The summed E-state index contributed by atoms with van der Waals surface area (Å²) in [5, 5.41) is 0.264. The number of hydrogen-bond donors (Lipinski definition) is 0. The van der Waals surface area contributed by atoms with Crippen molar-refractivity contribution in [1.82, 2.24) is 4.98 Å². The first kappa shape index (κ1) is 12.0. The summed E-state index contributed by atoms with van der Waals surface area (Å²) in [6.45, 7) is 0. The maximum absolute atomic E-state index is 12.6. The minimum absolute atomic E-state index is 0.0464. The summed E-state index contributed by atoms with van der Waals surface area (Å²) in [4.78, 5) is 14.4. The highest BCUT2D eigenvalue weighted by Crippen LogP contribution is 2.29. The summed E-state index contributed by atoms with van der Waals surface area (Å²) in [5.74, 6) is 0. The Hall–Kier alpha value is -0.110. The van der Waals surface area contributed by atoms with Crippen molar-refractivity contribution in [2.24, 2.45) is 0 Å². The summed E-state index contributed by atoms with van der Waals surface area (Å²) < 4.78 is 25.7. The molecular formula is C8H5BrF2INO. The Labute approximate surface area is 101 Å². The molecule has 0 aromatic carbocycles. The molecule has 0 aliphatic carbocycles. The van der Waals surface area contributed by atoms with Crippen LogP contribution in [0.5, 0.6) is 0 Å². The second-order valence-corrected chi connectivity index (χ2v) is 4.03. The molecule has 0 saturated heterocycles. The molecular weight excluding hydrogens is 371 g/mol. The standard InChI is InChI=1S/C8H5BrF2INO/c9-1-5-6(7(10)11)4(3-14)2-13-8(5)12/h2-3,7H,1H2. The second kappa shape index (κ2) is 5.11. The van der Waals surface area contributed by atoms with Gasteiger partial charge in [-0.05, 0) is 22.6 Å². The number of carbonyl (C=O) groups is 1. The first-order chi connectivity index (χ1) is 6.61. The lowest BCUT2D eigenvalue weighted by Gasteiger charge is -2.09. The maximum Gasteiger partial charge on any atom is 0.264 e. The van der Waals surface area contributed by atoms with Gasteiger partial charge in [0.05, 0.1) is 0 Å². The Bertz CT molecular complexity index is 359. The SMILES string of the molecule is O=Cc1cnc(I)c(CBr)c1C(F)F. The zero-order valence-corrected chi connectivity index (χ0v) is 10.5. The van der Waals surface area contributed by atoms with Gasteiger partial charge in [0.1, 0.15) is 3.70 Å². The molecule has 1 aromatic heterocycles. The van der Waals surface area contributed by atoms with Gasteiger partial charge < -0.3 is 0 Å². The molecule has 1 rings (SSSR count). The zero-order valence-electron chi connectivity index (χ0n) is 6.81. The van der Waals surface area contributed by atoms with Crippen LogP contribution < -0.4 is 0 Å². The number of aldehydes is 1. The number of hydrogen-bond acceptors (Lipinski definition) is 2. The van der Waals surface area contributed by atoms with Gasteiger partial charge in [0.25, 0.3) is 6.43 Å². The quantitative estimate of drug-likeness (QED) is 0.351. The summed E-state index contributed by atoms with van der Waals surface area (Å²) in [6, 6.07) is 0. The van der Waals surface area contributed by atoms with Crippen molar-refractivity contribution >= 4 is 44.8 Å². The van der Waals surface area contributed by atoms with Gasteiger partial charge in [-0.1, -0.05) is 15.9 Å². The molecule has 2 nitrogen and oxygen atoms in total. The van der Waals surface area contributed by atoms with Gasteiger partial charge >= 0.3 is 0 Å². The molecule has 0 aliphatic rings. The van der Waals surface area contributed by atoms with E-state index in [0.29, 0.717) is 15.6 Å². The molecule has 0 radical (unpaired) electrons. The highest BCUT2D eigenvalue weighted by atomic mass is 127. The number of carbonyl (C=O) groups excluding carboxylic acids is 1. The Balaban J connectivity index is 3.43. The molecule has 0 fully saturated rings. The minimum atomic E-state index is -2.65. The van der Waals surface area contributed by atoms with Crippen LogP contribution in [0.2, 0.25) is 0 Å². The van der Waals surface area contributed by atoms with Crippen molar-refractivity contribution < 1.29 is 13.6 Å². The molecule has 0 unspecified atom stereocenters. The van der Waals surface area contributed by atoms with Gasteiger partial charge in [0, 0.05) is 28.2 Å². The summed E-state index contributed by atoms with van der Waals surface area (Å²) >= 11 is 4.96. The number of aromatic nitrogens is 1. The van der Waals surface area contributed by atoms with Crippen molar-refractivity contribution in [2.75, 3.05) is 0 Å². The van der Waals surface area contributed by atoms with Crippen LogP contribution in [0.4, 0.5) is 8.78 Å². The van der Waals surface area contributed by atoms with Crippen molar-refractivity contribution in [3.05, 3.63) is 26.6 Å². The Kier molecular flexibility index (Phi) is 4.36. The van der Waals surface area contributed by atoms with E-state index >= 15 is 0 Å². The van der Waals surface area contributed by atoms with Gasteiger partial charge in [-0.25, -0.2) is 13.8 Å². The fourth-order valence-electron chi connectivity index (χ4n) is 1.04. The van der Waals surface area contributed by atoms with Crippen LogP contribution >= 0.6 is 38.5 Å². The van der Waals surface area contributed by atoms with Crippen LogP contribution in [0.3, 0.4) is 0 Å². The van der Waals surface area contributed by atoms with Gasteiger partial charge in [-0.2, -0.15) is 0 Å². The average molecular weight is 376 g/mol. The average Bonchev–Trinajstić information content (AvgIpc) is 2.17. The lowest BCUT2D eigenvalue weighted by Crippen LogP contribution is -2.03. The number of pyridine rings is 1. The molecule has 0 bridgehead atoms. The van der Waals surface area contributed by atoms with Crippen molar-refractivity contribution in [2.45, 2.75) is 11.8 Å². The van der Waals surface area contributed by atoms with Crippen molar-refractivity contribution in [1.29, 1.82) is 0 Å². The van der Waals surface area contributed by atoms with E-state index < -0.39 is 6.43 Å². The predicted molar refractivity (Wildman–Crippen MR) is 59.9 cm³/mol. The third kappa shape index (κ3) is 2.28. The lowest BCUT2D eigenvalue weighted by molar-refractivity contribution is 0.110. The van der Waals surface area contributed by atoms with Crippen LogP contribution in [0, 0.1) is 3.70 Å².